The summed E-state index contributed by atoms with van der Waals surface area (Å²) in [6.45, 7) is 3.61. The van der Waals surface area contributed by atoms with Crippen LogP contribution in [-0.2, 0) is 0 Å². The third-order valence-corrected chi connectivity index (χ3v) is 3.93. The van der Waals surface area contributed by atoms with Crippen LogP contribution in [0.2, 0.25) is 0 Å². The fraction of sp³-hybridized carbons (Fsp3) is 0.150. The number of hydrogen-bond donors (Lipinski definition) is 2. The van der Waals surface area contributed by atoms with Gasteiger partial charge < -0.3 is 15.2 Å². The van der Waals surface area contributed by atoms with Crippen molar-refractivity contribution in [3.8, 4) is 0 Å². The number of carbonyl (C=O) groups excluding carboxylic acids is 2. The number of aromatic nitrogens is 1. The van der Waals surface area contributed by atoms with Gasteiger partial charge in [0.05, 0.1) is 17.3 Å². The van der Waals surface area contributed by atoms with Crippen LogP contribution in [0.5, 0.6) is 0 Å². The molecule has 0 bridgehead atoms. The summed E-state index contributed by atoms with van der Waals surface area (Å²) in [5.74, 6) is -0.162. The molecule has 1 aromatic heterocycles. The number of nitrogens with zero attached hydrogens (tertiary/aromatic N) is 1. The van der Waals surface area contributed by atoms with Crippen LogP contribution in [-0.4, -0.2) is 17.0 Å². The van der Waals surface area contributed by atoms with Crippen LogP contribution in [0.15, 0.2) is 65.2 Å². The monoisotopic (exact) mass is 349 g/mol. The van der Waals surface area contributed by atoms with Gasteiger partial charge in [0.15, 0.2) is 5.69 Å². The van der Waals surface area contributed by atoms with E-state index in [4.69, 9.17) is 4.52 Å². The predicted molar refractivity (Wildman–Crippen MR) is 98.0 cm³/mol. The highest BCUT2D eigenvalue weighted by molar-refractivity contribution is 6.08. The van der Waals surface area contributed by atoms with Gasteiger partial charge in [-0.2, -0.15) is 0 Å². The van der Waals surface area contributed by atoms with E-state index in [2.05, 4.69) is 15.8 Å². The molecule has 0 aliphatic carbocycles. The predicted octanol–water partition coefficient (Wildman–Crippen LogP) is 3.73. The smallest absolute Gasteiger partial charge is 0.277 e. The van der Waals surface area contributed by atoms with Crippen LogP contribution in [0.25, 0.3) is 0 Å². The molecule has 3 rings (SSSR count). The maximum Gasteiger partial charge on any atom is 0.277 e. The number of anilines is 1. The standard InChI is InChI=1S/C20H19N3O3/c1-13-12-18(23-26-13)20(25)22-17-11-7-6-10-16(17)19(24)21-14(2)15-8-4-3-5-9-15/h3-12,14H,1-2H3,(H,21,24)(H,22,25)/t14-/m0/s1. The van der Waals surface area contributed by atoms with E-state index in [1.54, 1.807) is 31.2 Å². The molecule has 0 radical (unpaired) electrons. The van der Waals surface area contributed by atoms with E-state index in [-0.39, 0.29) is 17.6 Å². The molecule has 0 fully saturated rings. The summed E-state index contributed by atoms with van der Waals surface area (Å²) in [6, 6.07) is 17.9. The highest BCUT2D eigenvalue weighted by Crippen LogP contribution is 2.19. The number of benzene rings is 2. The van der Waals surface area contributed by atoms with Gasteiger partial charge in [0.1, 0.15) is 5.76 Å². The highest BCUT2D eigenvalue weighted by Gasteiger charge is 2.17. The minimum atomic E-state index is -0.432. The van der Waals surface area contributed by atoms with E-state index >= 15 is 0 Å². The van der Waals surface area contributed by atoms with E-state index in [0.29, 0.717) is 17.0 Å². The number of para-hydroxylation sites is 1. The Hall–Kier alpha value is -3.41. The first-order valence-electron chi connectivity index (χ1n) is 8.24. The molecule has 6 heteroatoms. The molecule has 0 saturated heterocycles. The molecule has 132 valence electrons. The Labute approximate surface area is 151 Å². The van der Waals surface area contributed by atoms with Crippen LogP contribution in [0, 0.1) is 6.92 Å². The Morgan fingerprint density at radius 2 is 1.69 bits per heavy atom. The SMILES string of the molecule is Cc1cc(C(=O)Nc2ccccc2C(=O)N[C@@H](C)c2ccccc2)no1. The van der Waals surface area contributed by atoms with E-state index < -0.39 is 5.91 Å². The third-order valence-electron chi connectivity index (χ3n) is 3.93. The first-order valence-corrected chi connectivity index (χ1v) is 8.24. The van der Waals surface area contributed by atoms with E-state index in [0.717, 1.165) is 5.56 Å². The van der Waals surface area contributed by atoms with Crippen molar-refractivity contribution < 1.29 is 14.1 Å². The Kier molecular flexibility index (Phi) is 5.12. The molecule has 0 spiro atoms. The van der Waals surface area contributed by atoms with Crippen molar-refractivity contribution >= 4 is 17.5 Å². The van der Waals surface area contributed by atoms with E-state index in [1.807, 2.05) is 37.3 Å². The van der Waals surface area contributed by atoms with Gasteiger partial charge in [0.25, 0.3) is 11.8 Å². The van der Waals surface area contributed by atoms with Gasteiger partial charge >= 0.3 is 0 Å². The van der Waals surface area contributed by atoms with Gasteiger partial charge in [-0.3, -0.25) is 9.59 Å². The molecule has 0 unspecified atom stereocenters. The first-order chi connectivity index (χ1) is 12.5. The fourth-order valence-electron chi connectivity index (χ4n) is 2.55. The molecule has 26 heavy (non-hydrogen) atoms. The van der Waals surface area contributed by atoms with Crippen molar-refractivity contribution in [1.29, 1.82) is 0 Å². The molecular formula is C20H19N3O3. The van der Waals surface area contributed by atoms with Gasteiger partial charge in [-0.1, -0.05) is 47.6 Å². The Bertz CT molecular complexity index is 919. The maximum absolute atomic E-state index is 12.7. The van der Waals surface area contributed by atoms with Crippen LogP contribution in [0.1, 0.15) is 45.1 Å². The lowest BCUT2D eigenvalue weighted by Gasteiger charge is -2.16. The summed E-state index contributed by atoms with van der Waals surface area (Å²) in [7, 11) is 0. The average Bonchev–Trinajstić information content (AvgIpc) is 3.09. The van der Waals surface area contributed by atoms with Gasteiger partial charge in [-0.05, 0) is 31.5 Å². The lowest BCUT2D eigenvalue weighted by atomic mass is 10.1. The normalized spacial score (nSPS) is 11.6. The van der Waals surface area contributed by atoms with Crippen molar-refractivity contribution in [3.05, 3.63) is 83.2 Å². The molecule has 2 amide bonds. The van der Waals surface area contributed by atoms with E-state index in [1.165, 1.54) is 6.07 Å². The zero-order valence-electron chi connectivity index (χ0n) is 14.5. The minimum absolute atomic E-state index is 0.161. The number of aryl methyl sites for hydroxylation is 1. The minimum Gasteiger partial charge on any atom is -0.361 e. The van der Waals surface area contributed by atoms with Crippen LogP contribution < -0.4 is 10.6 Å². The molecule has 2 aromatic carbocycles. The van der Waals surface area contributed by atoms with Gasteiger partial charge in [-0.15, -0.1) is 0 Å². The maximum atomic E-state index is 12.7. The number of hydrogen-bond acceptors (Lipinski definition) is 4. The topological polar surface area (TPSA) is 84.2 Å². The van der Waals surface area contributed by atoms with Gasteiger partial charge in [-0.25, -0.2) is 0 Å². The number of amides is 2. The molecule has 0 aliphatic rings. The van der Waals surface area contributed by atoms with Gasteiger partial charge in [0.2, 0.25) is 0 Å². The second-order valence-corrected chi connectivity index (χ2v) is 5.93. The number of carbonyl (C=O) groups is 2. The van der Waals surface area contributed by atoms with Crippen molar-refractivity contribution in [2.24, 2.45) is 0 Å². The van der Waals surface area contributed by atoms with Crippen LogP contribution >= 0.6 is 0 Å². The summed E-state index contributed by atoms with van der Waals surface area (Å²) in [5.41, 5.74) is 1.95. The second kappa shape index (κ2) is 7.65. The van der Waals surface area contributed by atoms with Crippen molar-refractivity contribution in [3.63, 3.8) is 0 Å². The van der Waals surface area contributed by atoms with E-state index in [9.17, 15) is 9.59 Å². The third kappa shape index (κ3) is 3.97. The molecule has 6 nitrogen and oxygen atoms in total. The summed E-state index contributed by atoms with van der Waals surface area (Å²) < 4.78 is 4.91. The fourth-order valence-corrected chi connectivity index (χ4v) is 2.55. The highest BCUT2D eigenvalue weighted by atomic mass is 16.5. The van der Waals surface area contributed by atoms with Crippen LogP contribution in [0.3, 0.4) is 0 Å². The Morgan fingerprint density at radius 3 is 2.38 bits per heavy atom. The first kappa shape index (κ1) is 17.4. The Morgan fingerprint density at radius 1 is 1.00 bits per heavy atom. The van der Waals surface area contributed by atoms with Crippen molar-refractivity contribution in [1.82, 2.24) is 10.5 Å². The summed E-state index contributed by atoms with van der Waals surface area (Å²) in [5, 5.41) is 9.34. The lowest BCUT2D eigenvalue weighted by molar-refractivity contribution is 0.0941. The summed E-state index contributed by atoms with van der Waals surface area (Å²) >= 11 is 0. The lowest BCUT2D eigenvalue weighted by Crippen LogP contribution is -2.28. The molecule has 2 N–H and O–H groups in total. The second-order valence-electron chi connectivity index (χ2n) is 5.93. The van der Waals surface area contributed by atoms with Crippen molar-refractivity contribution in [2.75, 3.05) is 5.32 Å². The average molecular weight is 349 g/mol. The number of nitrogens with one attached hydrogen (secondary N) is 2. The molecular weight excluding hydrogens is 330 g/mol. The zero-order chi connectivity index (χ0) is 18.5. The summed E-state index contributed by atoms with van der Waals surface area (Å²) in [4.78, 5) is 25.0. The van der Waals surface area contributed by atoms with Crippen molar-refractivity contribution in [2.45, 2.75) is 19.9 Å². The molecule has 0 aliphatic heterocycles. The number of rotatable bonds is 5. The molecule has 1 heterocycles. The molecule has 1 atom stereocenters. The van der Waals surface area contributed by atoms with Gasteiger partial charge in [0, 0.05) is 6.07 Å². The molecule has 3 aromatic rings. The molecule has 0 saturated carbocycles. The largest absolute Gasteiger partial charge is 0.361 e. The quantitative estimate of drug-likeness (QED) is 0.735. The Balaban J connectivity index is 1.76. The zero-order valence-corrected chi connectivity index (χ0v) is 14.5. The van der Waals surface area contributed by atoms with Crippen LogP contribution in [0.4, 0.5) is 5.69 Å². The summed E-state index contributed by atoms with van der Waals surface area (Å²) in [6.07, 6.45) is 0.